The van der Waals surface area contributed by atoms with Gasteiger partial charge in [0.2, 0.25) is 0 Å². The lowest BCUT2D eigenvalue weighted by Gasteiger charge is -2.23. The first-order valence-electron chi connectivity index (χ1n) is 8.27. The van der Waals surface area contributed by atoms with Crippen molar-refractivity contribution in [2.24, 2.45) is 0 Å². The van der Waals surface area contributed by atoms with Gasteiger partial charge in [-0.15, -0.1) is 0 Å². The third-order valence-corrected chi connectivity index (χ3v) is 5.58. The molecule has 1 aromatic rings. The summed E-state index contributed by atoms with van der Waals surface area (Å²) >= 11 is 6.40. The van der Waals surface area contributed by atoms with E-state index >= 15 is 0 Å². The number of nitrogens with zero attached hydrogens (tertiary/aromatic N) is 1. The normalized spacial score (nSPS) is 20.3. The van der Waals surface area contributed by atoms with Crippen LogP contribution < -0.4 is 0 Å². The van der Waals surface area contributed by atoms with Gasteiger partial charge in [-0.1, -0.05) is 42.5 Å². The maximum Gasteiger partial charge on any atom is 0.326 e. The van der Waals surface area contributed by atoms with Crippen LogP contribution in [0.25, 0.3) is 6.08 Å². The summed E-state index contributed by atoms with van der Waals surface area (Å²) in [6.45, 7) is -0.145. The Labute approximate surface area is 156 Å². The van der Waals surface area contributed by atoms with Crippen LogP contribution in [0.5, 0.6) is 5.75 Å². The van der Waals surface area contributed by atoms with E-state index in [1.165, 1.54) is 23.1 Å². The minimum absolute atomic E-state index is 0.0350. The molecule has 1 aliphatic carbocycles. The van der Waals surface area contributed by atoms with Crippen LogP contribution in [0.15, 0.2) is 29.2 Å². The predicted molar refractivity (Wildman–Crippen MR) is 101 cm³/mol. The highest BCUT2D eigenvalue weighted by Crippen LogP contribution is 2.32. The van der Waals surface area contributed by atoms with Crippen molar-refractivity contribution in [2.45, 2.75) is 38.2 Å². The van der Waals surface area contributed by atoms with Gasteiger partial charge in [0.05, 0.1) is 4.91 Å². The fourth-order valence-corrected chi connectivity index (χ4v) is 4.15. The molecule has 1 N–H and O–H groups in total. The number of hydrogen-bond donors (Lipinski definition) is 1. The number of hydrogen-bond acceptors (Lipinski definition) is 6. The number of ether oxygens (including phenoxy) is 1. The predicted octanol–water partition coefficient (Wildman–Crippen LogP) is 3.47. The molecule has 132 valence electrons. The average Bonchev–Trinajstić information content (AvgIpc) is 2.85. The first kappa shape index (κ1) is 17.9. The van der Waals surface area contributed by atoms with Crippen LogP contribution in [-0.4, -0.2) is 38.9 Å². The van der Waals surface area contributed by atoms with Crippen LogP contribution in [0.3, 0.4) is 0 Å². The standard InChI is InChI=1S/C18H19NO4S2/c20-13-8-6-12(7-9-13)10-15-17(22)19(18(24)25-15)11-16(21)23-14-4-2-1-3-5-14/h6-10,14,20H,1-5,11H2/b15-10+. The van der Waals surface area contributed by atoms with Crippen molar-refractivity contribution in [3.05, 3.63) is 34.7 Å². The largest absolute Gasteiger partial charge is 0.508 e. The number of rotatable bonds is 4. The Morgan fingerprint density at radius 1 is 1.28 bits per heavy atom. The summed E-state index contributed by atoms with van der Waals surface area (Å²) in [5.41, 5.74) is 0.781. The summed E-state index contributed by atoms with van der Waals surface area (Å²) in [5.74, 6) is -0.534. The number of carbonyl (C=O) groups is 2. The van der Waals surface area contributed by atoms with Crippen molar-refractivity contribution in [1.82, 2.24) is 4.90 Å². The summed E-state index contributed by atoms with van der Waals surface area (Å²) in [5, 5.41) is 9.31. The van der Waals surface area contributed by atoms with E-state index in [1.807, 2.05) is 0 Å². The highest BCUT2D eigenvalue weighted by molar-refractivity contribution is 8.26. The fraction of sp³-hybridized carbons (Fsp3) is 0.389. The maximum atomic E-state index is 12.5. The topological polar surface area (TPSA) is 66.8 Å². The molecule has 0 aromatic heterocycles. The molecule has 7 heteroatoms. The van der Waals surface area contributed by atoms with E-state index in [9.17, 15) is 14.7 Å². The summed E-state index contributed by atoms with van der Waals surface area (Å²) in [4.78, 5) is 26.4. The zero-order valence-electron chi connectivity index (χ0n) is 13.6. The van der Waals surface area contributed by atoms with Crippen molar-refractivity contribution < 1.29 is 19.4 Å². The minimum Gasteiger partial charge on any atom is -0.508 e. The Morgan fingerprint density at radius 2 is 1.96 bits per heavy atom. The van der Waals surface area contributed by atoms with Gasteiger partial charge in [-0.2, -0.15) is 0 Å². The first-order valence-corrected chi connectivity index (χ1v) is 9.49. The number of esters is 1. The summed E-state index contributed by atoms with van der Waals surface area (Å²) in [6, 6.07) is 6.51. The average molecular weight is 377 g/mol. The number of thioether (sulfide) groups is 1. The van der Waals surface area contributed by atoms with Crippen LogP contribution in [0.2, 0.25) is 0 Å². The van der Waals surface area contributed by atoms with Gasteiger partial charge in [0.15, 0.2) is 0 Å². The van der Waals surface area contributed by atoms with E-state index in [-0.39, 0.29) is 24.3 Å². The number of amides is 1. The fourth-order valence-electron chi connectivity index (χ4n) is 2.89. The molecule has 1 heterocycles. The van der Waals surface area contributed by atoms with Crippen molar-refractivity contribution in [3.8, 4) is 5.75 Å². The lowest BCUT2D eigenvalue weighted by Crippen LogP contribution is -2.36. The molecule has 5 nitrogen and oxygen atoms in total. The third-order valence-electron chi connectivity index (χ3n) is 4.20. The SMILES string of the molecule is O=C(CN1C(=O)/C(=C\c2ccc(O)cc2)SC1=S)OC1CCCCC1. The van der Waals surface area contributed by atoms with E-state index in [4.69, 9.17) is 17.0 Å². The molecule has 2 aliphatic rings. The lowest BCUT2D eigenvalue weighted by atomic mass is 9.98. The molecule has 2 fully saturated rings. The first-order chi connectivity index (χ1) is 12.0. The monoisotopic (exact) mass is 377 g/mol. The quantitative estimate of drug-likeness (QED) is 0.492. The highest BCUT2D eigenvalue weighted by atomic mass is 32.2. The van der Waals surface area contributed by atoms with Gasteiger partial charge in [-0.25, -0.2) is 0 Å². The molecular weight excluding hydrogens is 358 g/mol. The van der Waals surface area contributed by atoms with E-state index in [0.29, 0.717) is 9.23 Å². The number of phenolic OH excluding ortho intramolecular Hbond substituents is 1. The molecule has 0 atom stereocenters. The Bertz CT molecular complexity index is 708. The van der Waals surface area contributed by atoms with E-state index in [0.717, 1.165) is 31.2 Å². The van der Waals surface area contributed by atoms with Crippen molar-refractivity contribution in [3.63, 3.8) is 0 Å². The van der Waals surface area contributed by atoms with E-state index < -0.39 is 5.97 Å². The van der Waals surface area contributed by atoms with Crippen LogP contribution in [-0.2, 0) is 14.3 Å². The van der Waals surface area contributed by atoms with E-state index in [1.54, 1.807) is 30.3 Å². The number of carbonyl (C=O) groups excluding carboxylic acids is 2. The Morgan fingerprint density at radius 3 is 2.64 bits per heavy atom. The molecule has 1 saturated heterocycles. The molecule has 1 saturated carbocycles. The summed E-state index contributed by atoms with van der Waals surface area (Å²) in [6.07, 6.45) is 6.79. The molecular formula is C18H19NO4S2. The molecule has 1 amide bonds. The second kappa shape index (κ2) is 8.01. The van der Waals surface area contributed by atoms with Crippen molar-refractivity contribution >= 4 is 46.3 Å². The van der Waals surface area contributed by atoms with Gasteiger partial charge in [-0.3, -0.25) is 14.5 Å². The van der Waals surface area contributed by atoms with Crippen LogP contribution in [0.4, 0.5) is 0 Å². The van der Waals surface area contributed by atoms with E-state index in [2.05, 4.69) is 0 Å². The number of benzene rings is 1. The van der Waals surface area contributed by atoms with Crippen molar-refractivity contribution in [1.29, 1.82) is 0 Å². The number of aromatic hydroxyl groups is 1. The third kappa shape index (κ3) is 4.61. The maximum absolute atomic E-state index is 12.5. The number of thiocarbonyl (C=S) groups is 1. The molecule has 3 rings (SSSR count). The lowest BCUT2D eigenvalue weighted by molar-refractivity contribution is -0.152. The molecule has 0 unspecified atom stereocenters. The molecule has 1 aromatic carbocycles. The van der Waals surface area contributed by atoms with Crippen molar-refractivity contribution in [2.75, 3.05) is 6.54 Å². The smallest absolute Gasteiger partial charge is 0.326 e. The van der Waals surface area contributed by atoms with Crippen LogP contribution >= 0.6 is 24.0 Å². The molecule has 0 spiro atoms. The zero-order chi connectivity index (χ0) is 17.8. The number of phenols is 1. The van der Waals surface area contributed by atoms with Gasteiger partial charge in [-0.05, 0) is 49.5 Å². The van der Waals surface area contributed by atoms with Gasteiger partial charge < -0.3 is 9.84 Å². The summed E-state index contributed by atoms with van der Waals surface area (Å²) in [7, 11) is 0. The summed E-state index contributed by atoms with van der Waals surface area (Å²) < 4.78 is 5.82. The van der Waals surface area contributed by atoms with Gasteiger partial charge in [0.25, 0.3) is 5.91 Å². The van der Waals surface area contributed by atoms with Gasteiger partial charge in [0.1, 0.15) is 22.7 Å². The molecule has 25 heavy (non-hydrogen) atoms. The highest BCUT2D eigenvalue weighted by Gasteiger charge is 2.34. The molecule has 0 radical (unpaired) electrons. The minimum atomic E-state index is -0.408. The molecule has 1 aliphatic heterocycles. The van der Waals surface area contributed by atoms with Crippen LogP contribution in [0, 0.1) is 0 Å². The Kier molecular flexibility index (Phi) is 5.75. The molecule has 0 bridgehead atoms. The second-order valence-corrected chi connectivity index (χ2v) is 7.79. The van der Waals surface area contributed by atoms with Crippen LogP contribution in [0.1, 0.15) is 37.7 Å². The van der Waals surface area contributed by atoms with Gasteiger partial charge in [0, 0.05) is 0 Å². The second-order valence-electron chi connectivity index (χ2n) is 6.11. The Balaban J connectivity index is 1.62. The Hall–Kier alpha value is -1.86. The zero-order valence-corrected chi connectivity index (χ0v) is 15.3. The van der Waals surface area contributed by atoms with Gasteiger partial charge >= 0.3 is 5.97 Å².